The van der Waals surface area contributed by atoms with Gasteiger partial charge in [0.2, 0.25) is 0 Å². The minimum Gasteiger partial charge on any atom is -0.508 e. The molecule has 0 saturated carbocycles. The third-order valence-corrected chi connectivity index (χ3v) is 5.84. The summed E-state index contributed by atoms with van der Waals surface area (Å²) in [7, 11) is 0. The zero-order valence-corrected chi connectivity index (χ0v) is 18.0. The number of hydrogen-bond acceptors (Lipinski definition) is 6. The molecule has 4 aromatic carbocycles. The summed E-state index contributed by atoms with van der Waals surface area (Å²) >= 11 is 0. The molecule has 5 rings (SSSR count). The van der Waals surface area contributed by atoms with Gasteiger partial charge in [0, 0.05) is 23.3 Å². The van der Waals surface area contributed by atoms with Crippen LogP contribution in [0.15, 0.2) is 78.9 Å². The van der Waals surface area contributed by atoms with Gasteiger partial charge in [-0.2, -0.15) is 0 Å². The first kappa shape index (κ1) is 21.3. The Morgan fingerprint density at radius 3 is 1.85 bits per heavy atom. The van der Waals surface area contributed by atoms with Gasteiger partial charge >= 0.3 is 0 Å². The third kappa shape index (κ3) is 4.09. The van der Waals surface area contributed by atoms with Gasteiger partial charge in [0.05, 0.1) is 5.92 Å². The highest BCUT2D eigenvalue weighted by atomic mass is 16.5. The molecule has 6 heteroatoms. The Kier molecular flexibility index (Phi) is 5.26. The lowest BCUT2D eigenvalue weighted by Crippen LogP contribution is -2.11. The van der Waals surface area contributed by atoms with Gasteiger partial charge < -0.3 is 30.3 Å². The summed E-state index contributed by atoms with van der Waals surface area (Å²) in [6, 6.07) is 21.3. The van der Waals surface area contributed by atoms with Crippen molar-refractivity contribution in [2.45, 2.75) is 12.0 Å². The van der Waals surface area contributed by atoms with E-state index in [2.05, 4.69) is 0 Å². The Morgan fingerprint density at radius 1 is 0.588 bits per heavy atom. The maximum Gasteiger partial charge on any atom is 0.135 e. The van der Waals surface area contributed by atoms with E-state index in [1.807, 2.05) is 24.3 Å². The summed E-state index contributed by atoms with van der Waals surface area (Å²) in [6.45, 7) is 0. The molecule has 0 fully saturated rings. The van der Waals surface area contributed by atoms with E-state index in [0.29, 0.717) is 16.9 Å². The molecule has 1 aliphatic rings. The first-order valence-electron chi connectivity index (χ1n) is 10.7. The fourth-order valence-electron chi connectivity index (χ4n) is 4.42. The molecule has 170 valence electrons. The van der Waals surface area contributed by atoms with E-state index in [0.717, 1.165) is 16.7 Å². The SMILES string of the molecule is Oc1ccc(C2Oc3c(/C=C/c4cc(O)cc(O)c4)cccc3C2c2cc(O)cc(O)c2)cc1. The van der Waals surface area contributed by atoms with Crippen LogP contribution in [0.5, 0.6) is 34.5 Å². The lowest BCUT2D eigenvalue weighted by atomic mass is 9.84. The highest BCUT2D eigenvalue weighted by Gasteiger charge is 2.38. The zero-order valence-electron chi connectivity index (χ0n) is 18.0. The first-order chi connectivity index (χ1) is 16.4. The minimum atomic E-state index is -0.462. The van der Waals surface area contributed by atoms with Crippen molar-refractivity contribution in [2.24, 2.45) is 0 Å². The molecular weight excluding hydrogens is 432 g/mol. The van der Waals surface area contributed by atoms with Crippen molar-refractivity contribution >= 4 is 12.2 Å². The molecule has 1 heterocycles. The number of ether oxygens (including phenoxy) is 1. The van der Waals surface area contributed by atoms with E-state index < -0.39 is 6.10 Å². The molecule has 0 spiro atoms. The van der Waals surface area contributed by atoms with Gasteiger partial charge in [-0.1, -0.05) is 42.5 Å². The number of fused-ring (bicyclic) bond motifs is 1. The molecule has 4 aromatic rings. The quantitative estimate of drug-likeness (QED) is 0.255. The summed E-state index contributed by atoms with van der Waals surface area (Å²) in [5.74, 6) is 0.296. The maximum atomic E-state index is 10.1. The van der Waals surface area contributed by atoms with Gasteiger partial charge in [0.1, 0.15) is 40.6 Å². The molecule has 34 heavy (non-hydrogen) atoms. The first-order valence-corrected chi connectivity index (χ1v) is 10.7. The predicted octanol–water partition coefficient (Wildman–Crippen LogP) is 5.65. The van der Waals surface area contributed by atoms with Crippen LogP contribution in [-0.2, 0) is 0 Å². The molecule has 0 amide bonds. The second kappa shape index (κ2) is 8.41. The highest BCUT2D eigenvalue weighted by Crippen LogP contribution is 2.52. The highest BCUT2D eigenvalue weighted by molar-refractivity contribution is 5.75. The number of rotatable bonds is 4. The molecule has 0 saturated heterocycles. The van der Waals surface area contributed by atoms with Gasteiger partial charge in [-0.25, -0.2) is 0 Å². The van der Waals surface area contributed by atoms with Gasteiger partial charge in [-0.3, -0.25) is 0 Å². The lowest BCUT2D eigenvalue weighted by molar-refractivity contribution is 0.221. The number of benzene rings is 4. The van der Waals surface area contributed by atoms with Crippen LogP contribution in [0, 0.1) is 0 Å². The maximum absolute atomic E-state index is 10.1. The topological polar surface area (TPSA) is 110 Å². The number of phenols is 5. The molecule has 0 aliphatic carbocycles. The largest absolute Gasteiger partial charge is 0.508 e. The van der Waals surface area contributed by atoms with E-state index in [1.165, 1.54) is 24.3 Å². The van der Waals surface area contributed by atoms with Crippen LogP contribution < -0.4 is 4.74 Å². The summed E-state index contributed by atoms with van der Waals surface area (Å²) in [5, 5.41) is 49.5. The Hall–Kier alpha value is -4.58. The van der Waals surface area contributed by atoms with Crippen LogP contribution in [0.1, 0.15) is 39.8 Å². The Morgan fingerprint density at radius 2 is 1.21 bits per heavy atom. The second-order valence-corrected chi connectivity index (χ2v) is 8.27. The number of aromatic hydroxyl groups is 5. The van der Waals surface area contributed by atoms with Crippen molar-refractivity contribution < 1.29 is 30.3 Å². The fraction of sp³-hybridized carbons (Fsp3) is 0.0714. The van der Waals surface area contributed by atoms with Gasteiger partial charge in [-0.15, -0.1) is 0 Å². The molecule has 1 aliphatic heterocycles. The van der Waals surface area contributed by atoms with Crippen molar-refractivity contribution in [3.05, 3.63) is 107 Å². The monoisotopic (exact) mass is 454 g/mol. The molecule has 0 radical (unpaired) electrons. The molecule has 2 unspecified atom stereocenters. The molecule has 6 nitrogen and oxygen atoms in total. The predicted molar refractivity (Wildman–Crippen MR) is 128 cm³/mol. The average Bonchev–Trinajstić information content (AvgIpc) is 3.17. The molecule has 5 N–H and O–H groups in total. The Bertz CT molecular complexity index is 1350. The summed E-state index contributed by atoms with van der Waals surface area (Å²) < 4.78 is 6.45. The average molecular weight is 454 g/mol. The van der Waals surface area contributed by atoms with Crippen molar-refractivity contribution in [2.75, 3.05) is 0 Å². The van der Waals surface area contributed by atoms with E-state index >= 15 is 0 Å². The summed E-state index contributed by atoms with van der Waals surface area (Å²) in [6.07, 6.45) is 3.14. The number of phenolic OH excluding ortho intramolecular Hbond substituents is 5. The van der Waals surface area contributed by atoms with Crippen LogP contribution in [-0.4, -0.2) is 25.5 Å². The molecule has 0 bridgehead atoms. The minimum absolute atomic E-state index is 0.0367. The van der Waals surface area contributed by atoms with Crippen molar-refractivity contribution in [1.29, 1.82) is 0 Å². The molecule has 2 atom stereocenters. The third-order valence-electron chi connectivity index (χ3n) is 5.84. The zero-order chi connectivity index (χ0) is 23.8. The lowest BCUT2D eigenvalue weighted by Gasteiger charge is -2.20. The van der Waals surface area contributed by atoms with Gasteiger partial charge in [-0.05, 0) is 53.1 Å². The van der Waals surface area contributed by atoms with E-state index in [-0.39, 0.29) is 34.7 Å². The van der Waals surface area contributed by atoms with Gasteiger partial charge in [0.25, 0.3) is 0 Å². The van der Waals surface area contributed by atoms with E-state index in [1.54, 1.807) is 42.5 Å². The summed E-state index contributed by atoms with van der Waals surface area (Å²) in [4.78, 5) is 0. The smallest absolute Gasteiger partial charge is 0.135 e. The van der Waals surface area contributed by atoms with Crippen LogP contribution in [0.4, 0.5) is 0 Å². The number of hydrogen-bond donors (Lipinski definition) is 5. The standard InChI is InChI=1S/C28H22O6/c29-20-8-6-18(7-9-20)28-26(19-12-23(32)15-24(33)13-19)25-3-1-2-17(27(25)34-28)5-4-16-10-21(30)14-22(31)11-16/h1-15,26,28-33H/b5-4+. The molecule has 0 aromatic heterocycles. The number of para-hydroxylation sites is 1. The Balaban J connectivity index is 1.61. The fourth-order valence-corrected chi connectivity index (χ4v) is 4.42. The van der Waals surface area contributed by atoms with Crippen LogP contribution in [0.25, 0.3) is 12.2 Å². The summed E-state index contributed by atoms with van der Waals surface area (Å²) in [5.41, 5.74) is 3.81. The van der Waals surface area contributed by atoms with Crippen LogP contribution in [0.2, 0.25) is 0 Å². The van der Waals surface area contributed by atoms with E-state index in [4.69, 9.17) is 4.74 Å². The van der Waals surface area contributed by atoms with E-state index in [9.17, 15) is 25.5 Å². The van der Waals surface area contributed by atoms with Crippen LogP contribution in [0.3, 0.4) is 0 Å². The van der Waals surface area contributed by atoms with Crippen molar-refractivity contribution in [1.82, 2.24) is 0 Å². The van der Waals surface area contributed by atoms with Gasteiger partial charge in [0.15, 0.2) is 0 Å². The van der Waals surface area contributed by atoms with Crippen molar-refractivity contribution in [3.63, 3.8) is 0 Å². The second-order valence-electron chi connectivity index (χ2n) is 8.27. The molecular formula is C28H22O6. The van der Waals surface area contributed by atoms with Crippen LogP contribution >= 0.6 is 0 Å². The normalized spacial score (nSPS) is 16.9. The van der Waals surface area contributed by atoms with Crippen molar-refractivity contribution in [3.8, 4) is 34.5 Å². The Labute approximate surface area is 195 Å².